The summed E-state index contributed by atoms with van der Waals surface area (Å²) in [6.45, 7) is 1.65. The molecule has 1 fully saturated rings. The van der Waals surface area contributed by atoms with Gasteiger partial charge in [-0.15, -0.1) is 0 Å². The highest BCUT2D eigenvalue weighted by molar-refractivity contribution is 5.84. The Labute approximate surface area is 108 Å². The molecular formula is C11H17F5N2O. The third-order valence-electron chi connectivity index (χ3n) is 3.05. The van der Waals surface area contributed by atoms with E-state index in [0.717, 1.165) is 38.8 Å². The van der Waals surface area contributed by atoms with Crippen molar-refractivity contribution in [2.75, 3.05) is 26.2 Å². The summed E-state index contributed by atoms with van der Waals surface area (Å²) in [6, 6.07) is 0. The maximum absolute atomic E-state index is 12.6. The van der Waals surface area contributed by atoms with Crippen LogP contribution < -0.4 is 5.32 Å². The van der Waals surface area contributed by atoms with Crippen molar-refractivity contribution < 1.29 is 26.7 Å². The van der Waals surface area contributed by atoms with Gasteiger partial charge in [-0.2, -0.15) is 22.0 Å². The molecule has 1 amide bonds. The van der Waals surface area contributed by atoms with E-state index in [1.165, 1.54) is 0 Å². The summed E-state index contributed by atoms with van der Waals surface area (Å²) in [5, 5.41) is 1.65. The molecule has 1 rings (SSSR count). The fourth-order valence-corrected chi connectivity index (χ4v) is 1.93. The average Bonchev–Trinajstić information content (AvgIpc) is 2.56. The quantitative estimate of drug-likeness (QED) is 0.804. The molecule has 1 heterocycles. The highest BCUT2D eigenvalue weighted by Gasteiger charge is 2.63. The number of hydrogen-bond donors (Lipinski definition) is 1. The molecule has 1 saturated heterocycles. The first-order valence-electron chi connectivity index (χ1n) is 6.20. The smallest absolute Gasteiger partial charge is 0.349 e. The highest BCUT2D eigenvalue weighted by Crippen LogP contribution is 2.35. The van der Waals surface area contributed by atoms with Crippen LogP contribution in [0, 0.1) is 0 Å². The molecule has 1 N–H and O–H groups in total. The molecule has 0 spiro atoms. The van der Waals surface area contributed by atoms with Crippen LogP contribution in [0.3, 0.4) is 0 Å². The second kappa shape index (κ2) is 6.49. The maximum atomic E-state index is 12.6. The predicted octanol–water partition coefficient (Wildman–Crippen LogP) is 2.18. The third-order valence-corrected chi connectivity index (χ3v) is 3.05. The van der Waals surface area contributed by atoms with Gasteiger partial charge in [0, 0.05) is 13.1 Å². The zero-order valence-electron chi connectivity index (χ0n) is 10.4. The standard InChI is InChI=1S/C11H17F5N2O/c12-10(13,11(14,15)16)9(19)17-5-8-18-6-3-1-2-4-7-18/h1-8H2,(H,17,19). The van der Waals surface area contributed by atoms with Crippen LogP contribution in [0.1, 0.15) is 25.7 Å². The summed E-state index contributed by atoms with van der Waals surface area (Å²) in [7, 11) is 0. The van der Waals surface area contributed by atoms with E-state index in [-0.39, 0.29) is 6.54 Å². The normalized spacial score (nSPS) is 19.0. The minimum Gasteiger partial charge on any atom is -0.349 e. The van der Waals surface area contributed by atoms with Crippen LogP contribution in [-0.4, -0.2) is 49.1 Å². The van der Waals surface area contributed by atoms with Gasteiger partial charge >= 0.3 is 12.1 Å². The van der Waals surface area contributed by atoms with E-state index in [1.807, 2.05) is 4.90 Å². The van der Waals surface area contributed by atoms with Crippen molar-refractivity contribution in [1.29, 1.82) is 0 Å². The van der Waals surface area contributed by atoms with Crippen molar-refractivity contribution in [3.63, 3.8) is 0 Å². The lowest BCUT2D eigenvalue weighted by atomic mass is 10.2. The Morgan fingerprint density at radius 3 is 2.00 bits per heavy atom. The van der Waals surface area contributed by atoms with Gasteiger partial charge in [0.25, 0.3) is 5.91 Å². The van der Waals surface area contributed by atoms with Gasteiger partial charge < -0.3 is 10.2 Å². The number of halogens is 5. The van der Waals surface area contributed by atoms with Crippen molar-refractivity contribution in [1.82, 2.24) is 10.2 Å². The number of nitrogens with zero attached hydrogens (tertiary/aromatic N) is 1. The molecule has 3 nitrogen and oxygen atoms in total. The molecule has 112 valence electrons. The number of nitrogens with one attached hydrogen (secondary N) is 1. The Morgan fingerprint density at radius 1 is 1.00 bits per heavy atom. The maximum Gasteiger partial charge on any atom is 0.463 e. The number of carbonyl (C=O) groups is 1. The van der Waals surface area contributed by atoms with Crippen LogP contribution in [0.5, 0.6) is 0 Å². The summed E-state index contributed by atoms with van der Waals surface area (Å²) in [5.41, 5.74) is 0. The Balaban J connectivity index is 2.34. The lowest BCUT2D eigenvalue weighted by molar-refractivity contribution is -0.269. The van der Waals surface area contributed by atoms with Crippen LogP contribution in [-0.2, 0) is 4.79 Å². The SMILES string of the molecule is O=C(NCCN1CCCCCC1)C(F)(F)C(F)(F)F. The van der Waals surface area contributed by atoms with Crippen molar-refractivity contribution >= 4 is 5.91 Å². The topological polar surface area (TPSA) is 32.3 Å². The molecule has 19 heavy (non-hydrogen) atoms. The van der Waals surface area contributed by atoms with E-state index in [0.29, 0.717) is 6.54 Å². The van der Waals surface area contributed by atoms with Crippen molar-refractivity contribution in [2.45, 2.75) is 37.8 Å². The van der Waals surface area contributed by atoms with Gasteiger partial charge in [-0.1, -0.05) is 12.8 Å². The number of carbonyl (C=O) groups excluding carboxylic acids is 1. The second-order valence-corrected chi connectivity index (χ2v) is 4.58. The number of hydrogen-bond acceptors (Lipinski definition) is 2. The molecule has 0 aromatic heterocycles. The van der Waals surface area contributed by atoms with Gasteiger partial charge in [0.1, 0.15) is 0 Å². The highest BCUT2D eigenvalue weighted by atomic mass is 19.4. The monoisotopic (exact) mass is 288 g/mol. The lowest BCUT2D eigenvalue weighted by Crippen LogP contribution is -2.51. The molecule has 1 aliphatic heterocycles. The van der Waals surface area contributed by atoms with Crippen LogP contribution in [0.15, 0.2) is 0 Å². The Hall–Kier alpha value is -0.920. The van der Waals surface area contributed by atoms with Gasteiger partial charge in [-0.3, -0.25) is 4.79 Å². The molecule has 0 atom stereocenters. The fraction of sp³-hybridized carbons (Fsp3) is 0.909. The summed E-state index contributed by atoms with van der Waals surface area (Å²) in [4.78, 5) is 12.8. The van der Waals surface area contributed by atoms with Crippen molar-refractivity contribution in [2.24, 2.45) is 0 Å². The van der Waals surface area contributed by atoms with Gasteiger partial charge in [0.15, 0.2) is 0 Å². The summed E-state index contributed by atoms with van der Waals surface area (Å²) < 4.78 is 60.9. The molecule has 0 bridgehead atoms. The second-order valence-electron chi connectivity index (χ2n) is 4.58. The zero-order valence-corrected chi connectivity index (χ0v) is 10.4. The molecule has 0 aromatic rings. The Morgan fingerprint density at radius 2 is 1.53 bits per heavy atom. The molecule has 1 aliphatic rings. The lowest BCUT2D eigenvalue weighted by Gasteiger charge is -2.22. The minimum atomic E-state index is -5.85. The number of likely N-dealkylation sites (tertiary alicyclic amines) is 1. The van der Waals surface area contributed by atoms with E-state index in [2.05, 4.69) is 0 Å². The van der Waals surface area contributed by atoms with Gasteiger partial charge in [-0.25, -0.2) is 0 Å². The van der Waals surface area contributed by atoms with Gasteiger partial charge in [0.2, 0.25) is 0 Å². The van der Waals surface area contributed by atoms with Gasteiger partial charge in [0.05, 0.1) is 0 Å². The van der Waals surface area contributed by atoms with Crippen molar-refractivity contribution in [3.8, 4) is 0 Å². The first-order valence-corrected chi connectivity index (χ1v) is 6.20. The molecule has 8 heteroatoms. The third kappa shape index (κ3) is 4.59. The molecule has 0 saturated carbocycles. The molecule has 0 aromatic carbocycles. The number of alkyl halides is 5. The zero-order chi connectivity index (χ0) is 14.5. The van der Waals surface area contributed by atoms with E-state index in [1.54, 1.807) is 5.32 Å². The largest absolute Gasteiger partial charge is 0.463 e. The molecule has 0 aliphatic carbocycles. The van der Waals surface area contributed by atoms with E-state index in [9.17, 15) is 26.7 Å². The van der Waals surface area contributed by atoms with E-state index in [4.69, 9.17) is 0 Å². The number of amides is 1. The van der Waals surface area contributed by atoms with E-state index >= 15 is 0 Å². The molecule has 0 radical (unpaired) electrons. The predicted molar refractivity (Wildman–Crippen MR) is 58.9 cm³/mol. The molecule has 0 unspecified atom stereocenters. The summed E-state index contributed by atoms with van der Waals surface area (Å²) >= 11 is 0. The average molecular weight is 288 g/mol. The van der Waals surface area contributed by atoms with Crippen molar-refractivity contribution in [3.05, 3.63) is 0 Å². The first kappa shape index (κ1) is 16.1. The Bertz CT molecular complexity index is 298. The Kier molecular flexibility index (Phi) is 5.51. The van der Waals surface area contributed by atoms with Crippen LogP contribution in [0.2, 0.25) is 0 Å². The number of rotatable bonds is 4. The van der Waals surface area contributed by atoms with Crippen LogP contribution >= 0.6 is 0 Å². The van der Waals surface area contributed by atoms with E-state index < -0.39 is 18.0 Å². The first-order chi connectivity index (χ1) is 8.75. The molecular weight excluding hydrogens is 271 g/mol. The summed E-state index contributed by atoms with van der Waals surface area (Å²) in [6.07, 6.45) is -1.71. The van der Waals surface area contributed by atoms with Gasteiger partial charge in [-0.05, 0) is 25.9 Å². The van der Waals surface area contributed by atoms with Crippen LogP contribution in [0.25, 0.3) is 0 Å². The van der Waals surface area contributed by atoms with Crippen LogP contribution in [0.4, 0.5) is 22.0 Å². The summed E-state index contributed by atoms with van der Waals surface area (Å²) in [5.74, 6) is -7.61. The fourth-order valence-electron chi connectivity index (χ4n) is 1.93. The minimum absolute atomic E-state index is 0.204.